The highest BCUT2D eigenvalue weighted by Gasteiger charge is 2.15. The number of non-ortho nitro benzene ring substituents is 1. The van der Waals surface area contributed by atoms with Gasteiger partial charge in [0, 0.05) is 24.2 Å². The number of nitro benzene ring substituents is 1. The summed E-state index contributed by atoms with van der Waals surface area (Å²) in [7, 11) is 0. The Bertz CT molecular complexity index is 773. The van der Waals surface area contributed by atoms with Crippen LogP contribution in [-0.4, -0.2) is 9.49 Å². The van der Waals surface area contributed by atoms with Gasteiger partial charge in [-0.2, -0.15) is 0 Å². The monoisotopic (exact) mass is 266 g/mol. The molecule has 4 nitrogen and oxygen atoms in total. The number of aromatic nitrogens is 1. The van der Waals surface area contributed by atoms with E-state index in [0.29, 0.717) is 12.1 Å². The highest BCUT2D eigenvalue weighted by Crippen LogP contribution is 2.27. The third kappa shape index (κ3) is 2.16. The lowest BCUT2D eigenvalue weighted by Crippen LogP contribution is -2.00. The molecule has 1 heterocycles. The Kier molecular flexibility index (Phi) is 2.99. The molecular weight excluding hydrogens is 252 g/mol. The first-order valence-electron chi connectivity index (χ1n) is 6.43. The second kappa shape index (κ2) is 4.81. The maximum atomic E-state index is 11.2. The SMILES string of the molecule is Cc1ccc(Cn2ccc3cccc([N+](=O)[O-])c32)cc1. The summed E-state index contributed by atoms with van der Waals surface area (Å²) in [4.78, 5) is 10.8. The molecule has 0 aliphatic rings. The average Bonchev–Trinajstić information content (AvgIpc) is 2.84. The Balaban J connectivity index is 2.07. The molecule has 0 amide bonds. The van der Waals surface area contributed by atoms with Crippen molar-refractivity contribution in [3.8, 4) is 0 Å². The van der Waals surface area contributed by atoms with Gasteiger partial charge in [0.15, 0.2) is 0 Å². The van der Waals surface area contributed by atoms with Gasteiger partial charge in [0.2, 0.25) is 0 Å². The van der Waals surface area contributed by atoms with Gasteiger partial charge in [0.25, 0.3) is 5.69 Å². The largest absolute Gasteiger partial charge is 0.337 e. The minimum atomic E-state index is -0.325. The summed E-state index contributed by atoms with van der Waals surface area (Å²) in [5.74, 6) is 0. The first-order chi connectivity index (χ1) is 9.65. The molecule has 0 saturated heterocycles. The fourth-order valence-corrected chi connectivity index (χ4v) is 2.41. The van der Waals surface area contributed by atoms with Gasteiger partial charge in [0.1, 0.15) is 5.52 Å². The van der Waals surface area contributed by atoms with Crippen molar-refractivity contribution in [1.82, 2.24) is 4.57 Å². The summed E-state index contributed by atoms with van der Waals surface area (Å²) in [6.07, 6.45) is 1.90. The van der Waals surface area contributed by atoms with Gasteiger partial charge in [0.05, 0.1) is 4.92 Å². The van der Waals surface area contributed by atoms with E-state index in [9.17, 15) is 10.1 Å². The molecule has 0 fully saturated rings. The first-order valence-corrected chi connectivity index (χ1v) is 6.43. The minimum Gasteiger partial charge on any atom is -0.337 e. The summed E-state index contributed by atoms with van der Waals surface area (Å²) in [6, 6.07) is 15.3. The molecule has 0 bridgehead atoms. The van der Waals surface area contributed by atoms with Crippen LogP contribution in [0.5, 0.6) is 0 Å². The Morgan fingerprint density at radius 2 is 1.85 bits per heavy atom. The number of aryl methyl sites for hydroxylation is 1. The van der Waals surface area contributed by atoms with Gasteiger partial charge < -0.3 is 4.57 Å². The van der Waals surface area contributed by atoms with E-state index < -0.39 is 0 Å². The molecule has 0 atom stereocenters. The van der Waals surface area contributed by atoms with Crippen molar-refractivity contribution >= 4 is 16.6 Å². The first kappa shape index (κ1) is 12.4. The summed E-state index contributed by atoms with van der Waals surface area (Å²) in [5, 5.41) is 12.0. The van der Waals surface area contributed by atoms with Crippen LogP contribution in [0.15, 0.2) is 54.7 Å². The Morgan fingerprint density at radius 3 is 2.55 bits per heavy atom. The number of benzene rings is 2. The van der Waals surface area contributed by atoms with Crippen molar-refractivity contribution in [1.29, 1.82) is 0 Å². The lowest BCUT2D eigenvalue weighted by molar-refractivity contribution is -0.383. The standard InChI is InChI=1S/C16H14N2O2/c1-12-5-7-13(8-6-12)11-17-10-9-14-3-2-4-15(16(14)17)18(19)20/h2-10H,11H2,1H3. The molecule has 3 rings (SSSR count). The van der Waals surface area contributed by atoms with Gasteiger partial charge in [-0.1, -0.05) is 42.0 Å². The van der Waals surface area contributed by atoms with Crippen LogP contribution < -0.4 is 0 Å². The predicted octanol–water partition coefficient (Wildman–Crippen LogP) is 3.91. The highest BCUT2D eigenvalue weighted by atomic mass is 16.6. The number of rotatable bonds is 3. The molecule has 0 N–H and O–H groups in total. The van der Waals surface area contributed by atoms with E-state index >= 15 is 0 Å². The molecule has 3 aromatic rings. The molecule has 0 unspecified atom stereocenters. The molecule has 100 valence electrons. The van der Waals surface area contributed by atoms with E-state index in [1.54, 1.807) is 12.1 Å². The zero-order valence-corrected chi connectivity index (χ0v) is 11.1. The summed E-state index contributed by atoms with van der Waals surface area (Å²) in [6.45, 7) is 2.67. The Labute approximate surface area is 116 Å². The molecule has 1 aromatic heterocycles. The van der Waals surface area contributed by atoms with Gasteiger partial charge in [-0.25, -0.2) is 0 Å². The number of hydrogen-bond donors (Lipinski definition) is 0. The molecule has 20 heavy (non-hydrogen) atoms. The molecule has 0 aliphatic heterocycles. The molecule has 0 spiro atoms. The number of para-hydroxylation sites is 1. The second-order valence-corrected chi connectivity index (χ2v) is 4.90. The lowest BCUT2D eigenvalue weighted by atomic mass is 10.1. The van der Waals surface area contributed by atoms with Crippen molar-refractivity contribution in [2.45, 2.75) is 13.5 Å². The number of fused-ring (bicyclic) bond motifs is 1. The predicted molar refractivity (Wildman–Crippen MR) is 78.9 cm³/mol. The smallest absolute Gasteiger partial charge is 0.293 e. The van der Waals surface area contributed by atoms with E-state index in [-0.39, 0.29) is 10.6 Å². The molecule has 4 heteroatoms. The normalized spacial score (nSPS) is 10.8. The van der Waals surface area contributed by atoms with Gasteiger partial charge in [-0.15, -0.1) is 0 Å². The molecular formula is C16H14N2O2. The van der Waals surface area contributed by atoms with E-state index in [4.69, 9.17) is 0 Å². The third-order valence-electron chi connectivity index (χ3n) is 3.44. The van der Waals surface area contributed by atoms with Crippen molar-refractivity contribution in [3.63, 3.8) is 0 Å². The molecule has 0 aliphatic carbocycles. The quantitative estimate of drug-likeness (QED) is 0.533. The van der Waals surface area contributed by atoms with E-state index in [1.165, 1.54) is 5.56 Å². The van der Waals surface area contributed by atoms with Crippen LogP contribution in [0.3, 0.4) is 0 Å². The Morgan fingerprint density at radius 1 is 1.10 bits per heavy atom. The number of nitro groups is 1. The van der Waals surface area contributed by atoms with Crippen LogP contribution in [0, 0.1) is 17.0 Å². The summed E-state index contributed by atoms with van der Waals surface area (Å²) >= 11 is 0. The number of nitrogens with zero attached hydrogens (tertiary/aromatic N) is 2. The fraction of sp³-hybridized carbons (Fsp3) is 0.125. The minimum absolute atomic E-state index is 0.152. The van der Waals surface area contributed by atoms with Crippen LogP contribution in [0.25, 0.3) is 10.9 Å². The van der Waals surface area contributed by atoms with Crippen molar-refractivity contribution in [2.24, 2.45) is 0 Å². The maximum Gasteiger partial charge on any atom is 0.293 e. The van der Waals surface area contributed by atoms with E-state index in [1.807, 2.05) is 29.8 Å². The van der Waals surface area contributed by atoms with E-state index in [0.717, 1.165) is 10.9 Å². The second-order valence-electron chi connectivity index (χ2n) is 4.90. The zero-order chi connectivity index (χ0) is 14.1. The van der Waals surface area contributed by atoms with Crippen molar-refractivity contribution < 1.29 is 4.92 Å². The van der Waals surface area contributed by atoms with Crippen LogP contribution in [0.1, 0.15) is 11.1 Å². The summed E-state index contributed by atoms with van der Waals surface area (Å²) < 4.78 is 1.93. The fourth-order valence-electron chi connectivity index (χ4n) is 2.41. The third-order valence-corrected chi connectivity index (χ3v) is 3.44. The van der Waals surface area contributed by atoms with Crippen molar-refractivity contribution in [3.05, 3.63) is 76.0 Å². The highest BCUT2D eigenvalue weighted by molar-refractivity contribution is 5.88. The van der Waals surface area contributed by atoms with Crippen molar-refractivity contribution in [2.75, 3.05) is 0 Å². The van der Waals surface area contributed by atoms with E-state index in [2.05, 4.69) is 24.3 Å². The van der Waals surface area contributed by atoms with Gasteiger partial charge >= 0.3 is 0 Å². The number of hydrogen-bond acceptors (Lipinski definition) is 2. The maximum absolute atomic E-state index is 11.2. The average molecular weight is 266 g/mol. The van der Waals surface area contributed by atoms with Crippen LogP contribution in [0.4, 0.5) is 5.69 Å². The van der Waals surface area contributed by atoms with Crippen LogP contribution >= 0.6 is 0 Å². The van der Waals surface area contributed by atoms with Crippen LogP contribution in [0.2, 0.25) is 0 Å². The summed E-state index contributed by atoms with van der Waals surface area (Å²) in [5.41, 5.74) is 3.17. The van der Waals surface area contributed by atoms with Gasteiger partial charge in [-0.05, 0) is 18.6 Å². The van der Waals surface area contributed by atoms with Crippen LogP contribution in [-0.2, 0) is 6.54 Å². The Hall–Kier alpha value is -2.62. The molecule has 0 saturated carbocycles. The molecule has 2 aromatic carbocycles. The molecule has 0 radical (unpaired) electrons. The lowest BCUT2D eigenvalue weighted by Gasteiger charge is -2.06. The van der Waals surface area contributed by atoms with Gasteiger partial charge in [-0.3, -0.25) is 10.1 Å². The zero-order valence-electron chi connectivity index (χ0n) is 11.1. The topological polar surface area (TPSA) is 48.1 Å².